The zero-order chi connectivity index (χ0) is 18.5. The van der Waals surface area contributed by atoms with E-state index in [9.17, 15) is 9.59 Å². The number of hydrogen-bond donors (Lipinski definition) is 2. The molecule has 6 nitrogen and oxygen atoms in total. The standard InChI is InChI=1S/C20H23N3O3/c1-21-19(24)15-3-7-17(8-4-15)22-20(25)23-12-11-16(13-23)14-5-9-18(26-2)10-6-14/h3-10,16H,11-13H2,1-2H3,(H,21,24)(H,22,25). The number of methoxy groups -OCH3 is 1. The number of carbonyl (C=O) groups excluding carboxylic acids is 2. The molecule has 0 radical (unpaired) electrons. The molecule has 1 aliphatic heterocycles. The SMILES string of the molecule is CNC(=O)c1ccc(NC(=O)N2CCC(c3ccc(OC)cc3)C2)cc1. The quantitative estimate of drug-likeness (QED) is 0.887. The molecule has 6 heteroatoms. The van der Waals surface area contributed by atoms with E-state index in [4.69, 9.17) is 4.74 Å². The maximum absolute atomic E-state index is 12.5. The lowest BCUT2D eigenvalue weighted by atomic mass is 9.98. The van der Waals surface area contributed by atoms with E-state index in [-0.39, 0.29) is 11.9 Å². The largest absolute Gasteiger partial charge is 0.497 e. The Morgan fingerprint density at radius 3 is 2.38 bits per heavy atom. The van der Waals surface area contributed by atoms with Crippen LogP contribution in [0.2, 0.25) is 0 Å². The Morgan fingerprint density at radius 2 is 1.77 bits per heavy atom. The Bertz CT molecular complexity index is 772. The molecule has 2 aromatic carbocycles. The van der Waals surface area contributed by atoms with Crippen LogP contribution in [0.3, 0.4) is 0 Å². The number of anilines is 1. The van der Waals surface area contributed by atoms with Gasteiger partial charge in [-0.15, -0.1) is 0 Å². The van der Waals surface area contributed by atoms with Crippen molar-refractivity contribution in [3.05, 3.63) is 59.7 Å². The molecule has 0 saturated carbocycles. The van der Waals surface area contributed by atoms with Crippen LogP contribution in [0.1, 0.15) is 28.3 Å². The van der Waals surface area contributed by atoms with Crippen LogP contribution in [0.15, 0.2) is 48.5 Å². The monoisotopic (exact) mass is 353 g/mol. The van der Waals surface area contributed by atoms with Gasteiger partial charge in [-0.25, -0.2) is 4.79 Å². The summed E-state index contributed by atoms with van der Waals surface area (Å²) in [5, 5.41) is 5.47. The molecule has 1 fully saturated rings. The lowest BCUT2D eigenvalue weighted by molar-refractivity contribution is 0.0963. The van der Waals surface area contributed by atoms with E-state index in [2.05, 4.69) is 22.8 Å². The molecule has 2 N–H and O–H groups in total. The van der Waals surface area contributed by atoms with Crippen LogP contribution in [0.5, 0.6) is 5.75 Å². The third kappa shape index (κ3) is 3.96. The number of ether oxygens (including phenoxy) is 1. The van der Waals surface area contributed by atoms with Gasteiger partial charge in [-0.3, -0.25) is 4.79 Å². The summed E-state index contributed by atoms with van der Waals surface area (Å²) in [4.78, 5) is 25.9. The number of amides is 3. The van der Waals surface area contributed by atoms with Crippen LogP contribution in [0, 0.1) is 0 Å². The number of urea groups is 1. The average molecular weight is 353 g/mol. The van der Waals surface area contributed by atoms with Crippen LogP contribution >= 0.6 is 0 Å². The van der Waals surface area contributed by atoms with Gasteiger partial charge in [-0.05, 0) is 48.4 Å². The first-order valence-electron chi connectivity index (χ1n) is 8.62. The van der Waals surface area contributed by atoms with Gasteiger partial charge in [0.15, 0.2) is 0 Å². The predicted octanol–water partition coefficient (Wildman–Crippen LogP) is 3.08. The molecule has 2 aromatic rings. The van der Waals surface area contributed by atoms with Crippen molar-refractivity contribution in [2.75, 3.05) is 32.6 Å². The maximum Gasteiger partial charge on any atom is 0.321 e. The smallest absolute Gasteiger partial charge is 0.321 e. The number of nitrogens with zero attached hydrogens (tertiary/aromatic N) is 1. The Hall–Kier alpha value is -3.02. The summed E-state index contributed by atoms with van der Waals surface area (Å²) in [5.41, 5.74) is 2.46. The number of likely N-dealkylation sites (tertiary alicyclic amines) is 1. The summed E-state index contributed by atoms with van der Waals surface area (Å²) < 4.78 is 5.19. The highest BCUT2D eigenvalue weighted by atomic mass is 16.5. The molecule has 1 aliphatic rings. The summed E-state index contributed by atoms with van der Waals surface area (Å²) >= 11 is 0. The second-order valence-electron chi connectivity index (χ2n) is 6.29. The molecular formula is C20H23N3O3. The molecule has 3 amide bonds. The Labute approximate surface area is 153 Å². The normalized spacial score (nSPS) is 16.2. The summed E-state index contributed by atoms with van der Waals surface area (Å²) in [5.74, 6) is 1.02. The lowest BCUT2D eigenvalue weighted by Gasteiger charge is -2.18. The lowest BCUT2D eigenvalue weighted by Crippen LogP contribution is -2.32. The highest BCUT2D eigenvalue weighted by Crippen LogP contribution is 2.28. The summed E-state index contributed by atoms with van der Waals surface area (Å²) in [7, 11) is 3.24. The highest BCUT2D eigenvalue weighted by molar-refractivity contribution is 5.95. The van der Waals surface area contributed by atoms with Crippen LogP contribution in [-0.2, 0) is 0 Å². The first-order valence-corrected chi connectivity index (χ1v) is 8.62. The molecule has 1 atom stereocenters. The zero-order valence-electron chi connectivity index (χ0n) is 15.0. The van der Waals surface area contributed by atoms with Crippen molar-refractivity contribution in [2.45, 2.75) is 12.3 Å². The molecule has 136 valence electrons. The van der Waals surface area contributed by atoms with Gasteiger partial charge in [0.05, 0.1) is 7.11 Å². The molecule has 1 unspecified atom stereocenters. The van der Waals surface area contributed by atoms with E-state index < -0.39 is 0 Å². The molecule has 0 spiro atoms. The van der Waals surface area contributed by atoms with Gasteiger partial charge in [0.1, 0.15) is 5.75 Å². The van der Waals surface area contributed by atoms with Gasteiger partial charge < -0.3 is 20.3 Å². The van der Waals surface area contributed by atoms with Crippen LogP contribution < -0.4 is 15.4 Å². The van der Waals surface area contributed by atoms with Gasteiger partial charge in [0.2, 0.25) is 0 Å². The van der Waals surface area contributed by atoms with Crippen molar-refractivity contribution in [3.63, 3.8) is 0 Å². The van der Waals surface area contributed by atoms with E-state index in [0.717, 1.165) is 18.7 Å². The van der Waals surface area contributed by atoms with Crippen LogP contribution in [0.4, 0.5) is 10.5 Å². The Morgan fingerprint density at radius 1 is 1.08 bits per heavy atom. The molecule has 0 aliphatic carbocycles. The molecule has 1 saturated heterocycles. The van der Waals surface area contributed by atoms with Crippen molar-refractivity contribution in [3.8, 4) is 5.75 Å². The highest BCUT2D eigenvalue weighted by Gasteiger charge is 2.27. The van der Waals surface area contributed by atoms with Crippen LogP contribution in [-0.4, -0.2) is 44.1 Å². The van der Waals surface area contributed by atoms with Crippen LogP contribution in [0.25, 0.3) is 0 Å². The summed E-state index contributed by atoms with van der Waals surface area (Å²) in [6.07, 6.45) is 0.940. The minimum atomic E-state index is -0.148. The third-order valence-electron chi connectivity index (χ3n) is 4.69. The van der Waals surface area contributed by atoms with Gasteiger partial charge in [-0.1, -0.05) is 12.1 Å². The van der Waals surface area contributed by atoms with Gasteiger partial charge in [0, 0.05) is 37.3 Å². The van der Waals surface area contributed by atoms with E-state index in [0.29, 0.717) is 23.7 Å². The van der Waals surface area contributed by atoms with Gasteiger partial charge in [-0.2, -0.15) is 0 Å². The number of hydrogen-bond acceptors (Lipinski definition) is 3. The zero-order valence-corrected chi connectivity index (χ0v) is 15.0. The average Bonchev–Trinajstić information content (AvgIpc) is 3.18. The minimum absolute atomic E-state index is 0.117. The van der Waals surface area contributed by atoms with Crippen molar-refractivity contribution in [1.29, 1.82) is 0 Å². The van der Waals surface area contributed by atoms with Crippen molar-refractivity contribution < 1.29 is 14.3 Å². The topological polar surface area (TPSA) is 70.7 Å². The number of carbonyl (C=O) groups is 2. The first kappa shape index (κ1) is 17.8. The third-order valence-corrected chi connectivity index (χ3v) is 4.69. The van der Waals surface area contributed by atoms with Crippen molar-refractivity contribution >= 4 is 17.6 Å². The fourth-order valence-electron chi connectivity index (χ4n) is 3.14. The Balaban J connectivity index is 1.58. The number of nitrogens with one attached hydrogen (secondary N) is 2. The molecule has 3 rings (SSSR count). The van der Waals surface area contributed by atoms with Crippen molar-refractivity contribution in [1.82, 2.24) is 10.2 Å². The van der Waals surface area contributed by atoms with Gasteiger partial charge in [0.25, 0.3) is 5.91 Å². The summed E-state index contributed by atoms with van der Waals surface area (Å²) in [6.45, 7) is 1.41. The first-order chi connectivity index (χ1) is 12.6. The van der Waals surface area contributed by atoms with Crippen molar-refractivity contribution in [2.24, 2.45) is 0 Å². The van der Waals surface area contributed by atoms with Gasteiger partial charge >= 0.3 is 6.03 Å². The molecular weight excluding hydrogens is 330 g/mol. The number of benzene rings is 2. The fraction of sp³-hybridized carbons (Fsp3) is 0.300. The van der Waals surface area contributed by atoms with E-state index in [1.807, 2.05) is 17.0 Å². The summed E-state index contributed by atoms with van der Waals surface area (Å²) in [6, 6.07) is 14.8. The van der Waals surface area contributed by atoms with E-state index in [1.54, 1.807) is 38.4 Å². The Kier molecular flexibility index (Phi) is 5.41. The second-order valence-corrected chi connectivity index (χ2v) is 6.29. The second kappa shape index (κ2) is 7.91. The molecule has 26 heavy (non-hydrogen) atoms. The predicted molar refractivity (Wildman–Crippen MR) is 101 cm³/mol. The number of rotatable bonds is 4. The maximum atomic E-state index is 12.5. The minimum Gasteiger partial charge on any atom is -0.497 e. The molecule has 0 aromatic heterocycles. The van der Waals surface area contributed by atoms with E-state index in [1.165, 1.54) is 5.56 Å². The molecule has 0 bridgehead atoms. The fourth-order valence-corrected chi connectivity index (χ4v) is 3.14. The molecule has 1 heterocycles. The van der Waals surface area contributed by atoms with E-state index >= 15 is 0 Å².